The number of ether oxygens (including phenoxy) is 1. The van der Waals surface area contributed by atoms with Crippen molar-refractivity contribution >= 4 is 5.69 Å². The van der Waals surface area contributed by atoms with Crippen LogP contribution in [0.5, 0.6) is 0 Å². The van der Waals surface area contributed by atoms with Gasteiger partial charge < -0.3 is 14.5 Å². The fraction of sp³-hybridized carbons (Fsp3) is 0.765. The predicted molar refractivity (Wildman–Crippen MR) is 91.9 cm³/mol. The first-order valence-corrected chi connectivity index (χ1v) is 8.01. The van der Waals surface area contributed by atoms with Gasteiger partial charge in [-0.15, -0.1) is 0 Å². The second kappa shape index (κ2) is 7.88. The molecule has 0 saturated heterocycles. The van der Waals surface area contributed by atoms with Crippen LogP contribution in [0.1, 0.15) is 39.7 Å². The van der Waals surface area contributed by atoms with Crippen LogP contribution in [0.25, 0.3) is 0 Å². The first-order valence-electron chi connectivity index (χ1n) is 8.01. The van der Waals surface area contributed by atoms with Gasteiger partial charge in [0.15, 0.2) is 0 Å². The Morgan fingerprint density at radius 3 is 2.09 bits per heavy atom. The van der Waals surface area contributed by atoms with Gasteiger partial charge in [0.1, 0.15) is 0 Å². The molecule has 1 aromatic carbocycles. The standard InChI is InChI=1S/C17H30N2O3/c1-7-8-18(5)9-11-22-12-10-19(6)14-13(17(2,3)4)15(20)16(14)21/h7-12H2,1-6H3. The molecule has 0 aliphatic carbocycles. The lowest BCUT2D eigenvalue weighted by Crippen LogP contribution is -2.47. The van der Waals surface area contributed by atoms with Crippen molar-refractivity contribution < 1.29 is 4.74 Å². The molecule has 0 bridgehead atoms. The van der Waals surface area contributed by atoms with Gasteiger partial charge in [-0.05, 0) is 25.4 Å². The van der Waals surface area contributed by atoms with Crippen LogP contribution in [-0.2, 0) is 10.2 Å². The van der Waals surface area contributed by atoms with E-state index in [-0.39, 0.29) is 16.3 Å². The summed E-state index contributed by atoms with van der Waals surface area (Å²) in [6, 6.07) is 0. The van der Waals surface area contributed by atoms with E-state index in [1.807, 2.05) is 32.7 Å². The van der Waals surface area contributed by atoms with Gasteiger partial charge >= 0.3 is 0 Å². The van der Waals surface area contributed by atoms with E-state index in [2.05, 4.69) is 18.9 Å². The molecule has 0 radical (unpaired) electrons. The molecular formula is C17H30N2O3. The van der Waals surface area contributed by atoms with E-state index in [1.54, 1.807) is 0 Å². The fourth-order valence-electron chi connectivity index (χ4n) is 2.57. The zero-order valence-electron chi connectivity index (χ0n) is 14.9. The molecular weight excluding hydrogens is 280 g/mol. The Morgan fingerprint density at radius 2 is 1.55 bits per heavy atom. The normalized spacial score (nSPS) is 12.3. The first kappa shape index (κ1) is 18.8. The summed E-state index contributed by atoms with van der Waals surface area (Å²) in [5, 5.41) is 0. The van der Waals surface area contributed by atoms with Crippen molar-refractivity contribution in [1.29, 1.82) is 0 Å². The van der Waals surface area contributed by atoms with Gasteiger partial charge in [-0.2, -0.15) is 0 Å². The molecule has 0 atom stereocenters. The molecule has 5 nitrogen and oxygen atoms in total. The van der Waals surface area contributed by atoms with Crippen LogP contribution in [-0.4, -0.2) is 51.8 Å². The largest absolute Gasteiger partial charge is 0.378 e. The van der Waals surface area contributed by atoms with E-state index in [0.29, 0.717) is 31.0 Å². The second-order valence-corrected chi connectivity index (χ2v) is 6.97. The predicted octanol–water partition coefficient (Wildman–Crippen LogP) is 1.37. The molecule has 0 aliphatic heterocycles. The van der Waals surface area contributed by atoms with Gasteiger partial charge in [0.25, 0.3) is 0 Å². The van der Waals surface area contributed by atoms with Crippen molar-refractivity contribution in [2.45, 2.75) is 39.5 Å². The van der Waals surface area contributed by atoms with Crippen LogP contribution in [0.2, 0.25) is 0 Å². The maximum Gasteiger partial charge on any atom is 0.249 e. The van der Waals surface area contributed by atoms with E-state index in [9.17, 15) is 9.59 Å². The monoisotopic (exact) mass is 310 g/mol. The lowest BCUT2D eigenvalue weighted by atomic mass is 9.82. The summed E-state index contributed by atoms with van der Waals surface area (Å²) >= 11 is 0. The van der Waals surface area contributed by atoms with Crippen LogP contribution in [0.4, 0.5) is 5.69 Å². The summed E-state index contributed by atoms with van der Waals surface area (Å²) in [5.41, 5.74) is 0.205. The van der Waals surface area contributed by atoms with Crippen molar-refractivity contribution in [1.82, 2.24) is 4.90 Å². The highest BCUT2D eigenvalue weighted by Crippen LogP contribution is 2.27. The Morgan fingerprint density at radius 1 is 0.955 bits per heavy atom. The van der Waals surface area contributed by atoms with Crippen molar-refractivity contribution in [3.63, 3.8) is 0 Å². The van der Waals surface area contributed by atoms with Crippen molar-refractivity contribution in [2.24, 2.45) is 0 Å². The number of nitrogens with zero attached hydrogens (tertiary/aromatic N) is 2. The molecule has 0 unspecified atom stereocenters. The number of hydrogen-bond acceptors (Lipinski definition) is 5. The third-order valence-corrected chi connectivity index (χ3v) is 3.81. The maximum absolute atomic E-state index is 11.8. The molecule has 1 rings (SSSR count). The summed E-state index contributed by atoms with van der Waals surface area (Å²) in [7, 11) is 3.93. The molecule has 0 heterocycles. The number of rotatable bonds is 9. The summed E-state index contributed by atoms with van der Waals surface area (Å²) in [6.07, 6.45) is 1.14. The number of anilines is 1. The van der Waals surface area contributed by atoms with E-state index in [1.165, 1.54) is 0 Å². The van der Waals surface area contributed by atoms with Gasteiger partial charge in [-0.3, -0.25) is 9.59 Å². The first-order chi connectivity index (χ1) is 10.2. The number of likely N-dealkylation sites (N-methyl/N-ethyl adjacent to an activating group) is 2. The minimum atomic E-state index is -0.366. The van der Waals surface area contributed by atoms with Gasteiger partial charge in [0, 0.05) is 25.7 Å². The Bertz CT molecular complexity index is 539. The Balaban J connectivity index is 2.45. The molecule has 0 spiro atoms. The van der Waals surface area contributed by atoms with Crippen molar-refractivity contribution in [3.05, 3.63) is 26.0 Å². The third kappa shape index (κ3) is 4.65. The molecule has 126 valence electrons. The molecule has 0 N–H and O–H groups in total. The highest BCUT2D eigenvalue weighted by Gasteiger charge is 2.31. The smallest absolute Gasteiger partial charge is 0.249 e. The van der Waals surface area contributed by atoms with Gasteiger partial charge in [0.2, 0.25) is 10.9 Å². The SMILES string of the molecule is CCCN(C)CCOCCN(C)c1c(C(C)(C)C)c(=O)c1=O. The number of hydrogen-bond donors (Lipinski definition) is 0. The van der Waals surface area contributed by atoms with Crippen LogP contribution in [0.3, 0.4) is 0 Å². The summed E-state index contributed by atoms with van der Waals surface area (Å²) in [6.45, 7) is 11.9. The topological polar surface area (TPSA) is 49.9 Å². The summed E-state index contributed by atoms with van der Waals surface area (Å²) in [4.78, 5) is 27.7. The lowest BCUT2D eigenvalue weighted by Gasteiger charge is -2.29. The average Bonchev–Trinajstić information content (AvgIpc) is 2.41. The molecule has 0 fully saturated rings. The molecule has 0 amide bonds. The van der Waals surface area contributed by atoms with E-state index >= 15 is 0 Å². The van der Waals surface area contributed by atoms with Crippen LogP contribution in [0.15, 0.2) is 9.59 Å². The Hall–Kier alpha value is -1.20. The third-order valence-electron chi connectivity index (χ3n) is 3.81. The minimum absolute atomic E-state index is 0.293. The zero-order valence-corrected chi connectivity index (χ0v) is 14.9. The zero-order chi connectivity index (χ0) is 16.9. The van der Waals surface area contributed by atoms with Gasteiger partial charge in [-0.1, -0.05) is 27.7 Å². The Kier molecular flexibility index (Phi) is 6.75. The quantitative estimate of drug-likeness (QED) is 0.509. The highest BCUT2D eigenvalue weighted by molar-refractivity contribution is 5.60. The van der Waals surface area contributed by atoms with Crippen molar-refractivity contribution in [3.8, 4) is 0 Å². The van der Waals surface area contributed by atoms with E-state index in [0.717, 1.165) is 19.5 Å². The maximum atomic E-state index is 11.8. The average molecular weight is 310 g/mol. The lowest BCUT2D eigenvalue weighted by molar-refractivity contribution is 0.117. The molecule has 22 heavy (non-hydrogen) atoms. The summed E-state index contributed by atoms with van der Waals surface area (Å²) in [5.74, 6) is 0. The van der Waals surface area contributed by atoms with Crippen LogP contribution < -0.4 is 15.8 Å². The highest BCUT2D eigenvalue weighted by atomic mass is 16.5. The molecule has 5 heteroatoms. The fourth-order valence-corrected chi connectivity index (χ4v) is 2.57. The molecule has 0 aromatic heterocycles. The minimum Gasteiger partial charge on any atom is -0.378 e. The molecule has 0 aliphatic rings. The van der Waals surface area contributed by atoms with Gasteiger partial charge in [0.05, 0.1) is 18.9 Å². The van der Waals surface area contributed by atoms with E-state index in [4.69, 9.17) is 4.74 Å². The van der Waals surface area contributed by atoms with Gasteiger partial charge in [-0.25, -0.2) is 0 Å². The van der Waals surface area contributed by atoms with E-state index < -0.39 is 0 Å². The second-order valence-electron chi connectivity index (χ2n) is 6.97. The molecule has 1 aromatic rings. The summed E-state index contributed by atoms with van der Waals surface area (Å²) < 4.78 is 5.62. The molecule has 0 saturated carbocycles. The Labute approximate surface area is 133 Å². The van der Waals surface area contributed by atoms with Crippen LogP contribution in [0, 0.1) is 0 Å². The van der Waals surface area contributed by atoms with Crippen LogP contribution >= 0.6 is 0 Å². The van der Waals surface area contributed by atoms with Crippen molar-refractivity contribution in [2.75, 3.05) is 51.8 Å².